The number of benzene rings is 2. The molecule has 0 radical (unpaired) electrons. The van der Waals surface area contributed by atoms with E-state index in [9.17, 15) is 0 Å². The number of halogens is 1. The van der Waals surface area contributed by atoms with Gasteiger partial charge in [0.25, 0.3) is 0 Å². The van der Waals surface area contributed by atoms with Crippen LogP contribution in [0.4, 0.5) is 0 Å². The summed E-state index contributed by atoms with van der Waals surface area (Å²) in [4.78, 5) is 0. The minimum atomic E-state index is -0.196. The SMILES string of the molecule is COc1cccc(-c2nnc(SCc3nnc(C(C)(C)C)o3)n2-c2ccc(Cl)cc2)c1. The largest absolute Gasteiger partial charge is 0.497 e. The van der Waals surface area contributed by atoms with E-state index in [1.807, 2.05) is 73.9 Å². The van der Waals surface area contributed by atoms with Gasteiger partial charge in [-0.05, 0) is 36.4 Å². The van der Waals surface area contributed by atoms with Crippen molar-refractivity contribution in [3.63, 3.8) is 0 Å². The Bertz CT molecular complexity index is 1180. The third kappa shape index (κ3) is 4.75. The fourth-order valence-corrected chi connectivity index (χ4v) is 3.79. The van der Waals surface area contributed by atoms with Crippen LogP contribution in [0.1, 0.15) is 32.6 Å². The first-order valence-corrected chi connectivity index (χ1v) is 11.0. The van der Waals surface area contributed by atoms with Gasteiger partial charge in [-0.1, -0.05) is 56.3 Å². The van der Waals surface area contributed by atoms with Crippen LogP contribution in [0.5, 0.6) is 5.75 Å². The number of hydrogen-bond acceptors (Lipinski definition) is 7. The zero-order valence-electron chi connectivity index (χ0n) is 17.7. The second-order valence-corrected chi connectivity index (χ2v) is 9.27. The predicted molar refractivity (Wildman–Crippen MR) is 121 cm³/mol. The highest BCUT2D eigenvalue weighted by Gasteiger charge is 2.22. The fourth-order valence-electron chi connectivity index (χ4n) is 2.88. The Hall–Kier alpha value is -2.84. The molecule has 4 rings (SSSR count). The number of thioether (sulfide) groups is 1. The summed E-state index contributed by atoms with van der Waals surface area (Å²) in [5, 5.41) is 18.6. The van der Waals surface area contributed by atoms with E-state index in [-0.39, 0.29) is 5.41 Å². The lowest BCUT2D eigenvalue weighted by molar-refractivity contribution is 0.378. The molecule has 7 nitrogen and oxygen atoms in total. The van der Waals surface area contributed by atoms with Crippen LogP contribution in [-0.4, -0.2) is 32.1 Å². The molecule has 2 aromatic heterocycles. The highest BCUT2D eigenvalue weighted by molar-refractivity contribution is 7.98. The van der Waals surface area contributed by atoms with E-state index in [1.54, 1.807) is 7.11 Å². The van der Waals surface area contributed by atoms with Gasteiger partial charge in [0.15, 0.2) is 11.0 Å². The van der Waals surface area contributed by atoms with E-state index in [2.05, 4.69) is 20.4 Å². The van der Waals surface area contributed by atoms with Crippen LogP contribution in [0.3, 0.4) is 0 Å². The molecule has 0 saturated carbocycles. The molecule has 0 N–H and O–H groups in total. The number of hydrogen-bond donors (Lipinski definition) is 0. The van der Waals surface area contributed by atoms with Crippen molar-refractivity contribution < 1.29 is 9.15 Å². The highest BCUT2D eigenvalue weighted by Crippen LogP contribution is 2.32. The van der Waals surface area contributed by atoms with Gasteiger partial charge in [0.1, 0.15) is 5.75 Å². The fraction of sp³-hybridized carbons (Fsp3) is 0.273. The molecule has 0 aliphatic heterocycles. The van der Waals surface area contributed by atoms with Gasteiger partial charge in [-0.2, -0.15) is 0 Å². The third-order valence-electron chi connectivity index (χ3n) is 4.48. The maximum atomic E-state index is 6.10. The minimum Gasteiger partial charge on any atom is -0.497 e. The monoisotopic (exact) mass is 455 g/mol. The number of nitrogens with zero attached hydrogens (tertiary/aromatic N) is 5. The molecule has 4 aromatic rings. The van der Waals surface area contributed by atoms with Crippen LogP contribution in [0.25, 0.3) is 17.1 Å². The van der Waals surface area contributed by atoms with E-state index < -0.39 is 0 Å². The third-order valence-corrected chi connectivity index (χ3v) is 5.64. The van der Waals surface area contributed by atoms with Gasteiger partial charge in [-0.3, -0.25) is 4.57 Å². The number of rotatable bonds is 6. The standard InChI is InChI=1S/C22H22ClN5O2S/c1-22(2,3)20-26-24-18(30-20)13-31-21-27-25-19(14-6-5-7-17(12-14)29-4)28(21)16-10-8-15(23)9-11-16/h5-12H,13H2,1-4H3. The van der Waals surface area contributed by atoms with Crippen molar-refractivity contribution in [1.82, 2.24) is 25.0 Å². The maximum Gasteiger partial charge on any atom is 0.226 e. The summed E-state index contributed by atoms with van der Waals surface area (Å²) in [6.45, 7) is 6.11. The Balaban J connectivity index is 1.69. The van der Waals surface area contributed by atoms with Crippen LogP contribution in [0, 0.1) is 0 Å². The molecule has 0 fully saturated rings. The lowest BCUT2D eigenvalue weighted by atomic mass is 9.97. The molecule has 0 bridgehead atoms. The molecule has 9 heteroatoms. The molecule has 0 unspecified atom stereocenters. The summed E-state index contributed by atoms with van der Waals surface area (Å²) >= 11 is 7.58. The van der Waals surface area contributed by atoms with Crippen molar-refractivity contribution in [2.75, 3.05) is 7.11 Å². The molecule has 0 atom stereocenters. The average Bonchev–Trinajstić information content (AvgIpc) is 3.40. The van der Waals surface area contributed by atoms with Gasteiger partial charge < -0.3 is 9.15 Å². The Morgan fingerprint density at radius 1 is 1.03 bits per heavy atom. The number of methoxy groups -OCH3 is 1. The Kier molecular flexibility index (Phi) is 6.02. The molecule has 0 amide bonds. The van der Waals surface area contributed by atoms with Crippen molar-refractivity contribution >= 4 is 23.4 Å². The number of ether oxygens (including phenoxy) is 1. The van der Waals surface area contributed by atoms with Crippen molar-refractivity contribution in [2.45, 2.75) is 37.1 Å². The quantitative estimate of drug-likeness (QED) is 0.351. The zero-order chi connectivity index (χ0) is 22.0. The molecular weight excluding hydrogens is 434 g/mol. The van der Waals surface area contributed by atoms with Crippen molar-refractivity contribution in [2.24, 2.45) is 0 Å². The molecule has 0 aliphatic rings. The summed E-state index contributed by atoms with van der Waals surface area (Å²) in [6, 6.07) is 15.3. The van der Waals surface area contributed by atoms with Crippen LogP contribution in [-0.2, 0) is 11.2 Å². The van der Waals surface area contributed by atoms with Gasteiger partial charge in [0.05, 0.1) is 12.9 Å². The van der Waals surface area contributed by atoms with E-state index in [0.717, 1.165) is 17.0 Å². The van der Waals surface area contributed by atoms with Crippen molar-refractivity contribution in [1.29, 1.82) is 0 Å². The van der Waals surface area contributed by atoms with Gasteiger partial charge >= 0.3 is 0 Å². The summed E-state index contributed by atoms with van der Waals surface area (Å²) in [6.07, 6.45) is 0. The Morgan fingerprint density at radius 2 is 1.81 bits per heavy atom. The van der Waals surface area contributed by atoms with Crippen LogP contribution in [0.15, 0.2) is 58.1 Å². The summed E-state index contributed by atoms with van der Waals surface area (Å²) in [5.41, 5.74) is 1.59. The topological polar surface area (TPSA) is 78.9 Å². The smallest absolute Gasteiger partial charge is 0.226 e. The van der Waals surface area contributed by atoms with E-state index in [4.69, 9.17) is 20.8 Å². The minimum absolute atomic E-state index is 0.196. The maximum absolute atomic E-state index is 6.10. The van der Waals surface area contributed by atoms with E-state index in [0.29, 0.717) is 33.5 Å². The molecule has 31 heavy (non-hydrogen) atoms. The van der Waals surface area contributed by atoms with Crippen LogP contribution < -0.4 is 4.74 Å². The second kappa shape index (κ2) is 8.72. The van der Waals surface area contributed by atoms with Crippen LogP contribution >= 0.6 is 23.4 Å². The van der Waals surface area contributed by atoms with Gasteiger partial charge in [0, 0.05) is 21.7 Å². The summed E-state index contributed by atoms with van der Waals surface area (Å²) in [5.74, 6) is 3.08. The summed E-state index contributed by atoms with van der Waals surface area (Å²) < 4.78 is 13.2. The summed E-state index contributed by atoms with van der Waals surface area (Å²) in [7, 11) is 1.64. The first-order chi connectivity index (χ1) is 14.8. The average molecular weight is 456 g/mol. The molecule has 0 aliphatic carbocycles. The lowest BCUT2D eigenvalue weighted by Crippen LogP contribution is -2.11. The highest BCUT2D eigenvalue weighted by atomic mass is 35.5. The van der Waals surface area contributed by atoms with E-state index in [1.165, 1.54) is 11.8 Å². The molecule has 2 aromatic carbocycles. The van der Waals surface area contributed by atoms with Gasteiger partial charge in [-0.15, -0.1) is 20.4 Å². The first kappa shape index (κ1) is 21.4. The molecule has 160 valence electrons. The first-order valence-electron chi connectivity index (χ1n) is 9.66. The Morgan fingerprint density at radius 3 is 2.48 bits per heavy atom. The predicted octanol–water partition coefficient (Wildman–Crippen LogP) is 5.57. The van der Waals surface area contributed by atoms with Gasteiger partial charge in [-0.25, -0.2) is 0 Å². The van der Waals surface area contributed by atoms with E-state index >= 15 is 0 Å². The lowest BCUT2D eigenvalue weighted by Gasteiger charge is -2.11. The molecule has 0 spiro atoms. The molecule has 2 heterocycles. The second-order valence-electron chi connectivity index (χ2n) is 7.89. The molecular formula is C22H22ClN5O2S. The Labute approximate surface area is 189 Å². The zero-order valence-corrected chi connectivity index (χ0v) is 19.2. The van der Waals surface area contributed by atoms with Crippen molar-refractivity contribution in [3.8, 4) is 22.8 Å². The molecule has 0 saturated heterocycles. The van der Waals surface area contributed by atoms with Crippen molar-refractivity contribution in [3.05, 3.63) is 65.3 Å². The normalized spacial score (nSPS) is 11.6. The van der Waals surface area contributed by atoms with Crippen LogP contribution in [0.2, 0.25) is 5.02 Å². The number of aromatic nitrogens is 5. The van der Waals surface area contributed by atoms with Gasteiger partial charge in [0.2, 0.25) is 11.8 Å².